The van der Waals surface area contributed by atoms with Gasteiger partial charge in [-0.05, 0) is 42.0 Å². The van der Waals surface area contributed by atoms with E-state index < -0.39 is 10.5 Å². The van der Waals surface area contributed by atoms with Gasteiger partial charge in [0, 0.05) is 22.7 Å². The third kappa shape index (κ3) is 3.35. The number of hydrogen-bond donors (Lipinski definition) is 0. The Morgan fingerprint density at radius 1 is 1.13 bits per heavy atom. The number of nitro groups is 1. The Kier molecular flexibility index (Phi) is 4.03. The number of aromatic nitrogens is 1. The number of halogens is 1. The molecule has 2 aromatic carbocycles. The van der Waals surface area contributed by atoms with Gasteiger partial charge >= 0.3 is 5.63 Å². The first-order valence-corrected chi connectivity index (χ1v) is 7.35. The predicted octanol–water partition coefficient (Wildman–Crippen LogP) is 4.03. The Labute approximate surface area is 138 Å². The van der Waals surface area contributed by atoms with Crippen LogP contribution in [0.5, 0.6) is 0 Å². The third-order valence-corrected chi connectivity index (χ3v) is 3.62. The van der Waals surface area contributed by atoms with Crippen LogP contribution in [0.4, 0.5) is 5.69 Å². The summed E-state index contributed by atoms with van der Waals surface area (Å²) in [5, 5.41) is 11.0. The molecule has 0 atom stereocenters. The summed E-state index contributed by atoms with van der Waals surface area (Å²) in [4.78, 5) is 26.3. The zero-order chi connectivity index (χ0) is 16.4. The van der Waals surface area contributed by atoms with Gasteiger partial charge in [-0.25, -0.2) is 9.78 Å². The Hall–Kier alpha value is -2.80. The minimum Gasteiger partial charge on any atom is -0.404 e. The summed E-state index contributed by atoms with van der Waals surface area (Å²) in [6.07, 6.45) is 3.21. The van der Waals surface area contributed by atoms with E-state index in [0.717, 1.165) is 10.0 Å². The second kappa shape index (κ2) is 6.13. The normalized spacial score (nSPS) is 11.2. The van der Waals surface area contributed by atoms with Gasteiger partial charge in [-0.3, -0.25) is 10.1 Å². The lowest BCUT2D eigenvalue weighted by atomic mass is 10.2. The monoisotopic (exact) mass is 372 g/mol. The van der Waals surface area contributed by atoms with E-state index in [1.807, 2.05) is 0 Å². The zero-order valence-electron chi connectivity index (χ0n) is 11.6. The maximum absolute atomic E-state index is 11.9. The minimum absolute atomic E-state index is 0.0167. The van der Waals surface area contributed by atoms with E-state index >= 15 is 0 Å². The van der Waals surface area contributed by atoms with Crippen LogP contribution in [0.25, 0.3) is 23.1 Å². The summed E-state index contributed by atoms with van der Waals surface area (Å²) >= 11 is 3.29. The van der Waals surface area contributed by atoms with Crippen LogP contribution in [0.2, 0.25) is 0 Å². The van der Waals surface area contributed by atoms with Crippen LogP contribution in [0.3, 0.4) is 0 Å². The third-order valence-electron chi connectivity index (χ3n) is 3.13. The fourth-order valence-electron chi connectivity index (χ4n) is 2.01. The number of fused-ring (bicyclic) bond motifs is 1. The molecule has 1 aromatic heterocycles. The molecule has 0 unspecified atom stereocenters. The molecule has 6 nitrogen and oxygen atoms in total. The van der Waals surface area contributed by atoms with Crippen LogP contribution in [0.1, 0.15) is 11.5 Å². The molecule has 0 aliphatic carbocycles. The number of hydrogen-bond acceptors (Lipinski definition) is 5. The largest absolute Gasteiger partial charge is 0.404 e. The van der Waals surface area contributed by atoms with E-state index in [9.17, 15) is 14.9 Å². The second-order valence-electron chi connectivity index (χ2n) is 4.68. The second-order valence-corrected chi connectivity index (χ2v) is 5.60. The number of benzene rings is 2. The van der Waals surface area contributed by atoms with E-state index in [0.29, 0.717) is 10.9 Å². The molecule has 3 aromatic rings. The lowest BCUT2D eigenvalue weighted by molar-refractivity contribution is -0.384. The fourth-order valence-corrected chi connectivity index (χ4v) is 2.37. The Morgan fingerprint density at radius 3 is 2.57 bits per heavy atom. The predicted molar refractivity (Wildman–Crippen MR) is 90.0 cm³/mol. The quantitative estimate of drug-likeness (QED) is 0.511. The van der Waals surface area contributed by atoms with E-state index in [2.05, 4.69) is 20.9 Å². The van der Waals surface area contributed by atoms with Crippen molar-refractivity contribution >= 4 is 44.7 Å². The van der Waals surface area contributed by atoms with Crippen LogP contribution in [-0.2, 0) is 0 Å². The molecule has 0 fully saturated rings. The highest BCUT2D eigenvalue weighted by Crippen LogP contribution is 2.17. The van der Waals surface area contributed by atoms with Crippen LogP contribution < -0.4 is 5.63 Å². The molecule has 23 heavy (non-hydrogen) atoms. The molecule has 0 aliphatic heterocycles. The summed E-state index contributed by atoms with van der Waals surface area (Å²) in [5.74, 6) is 0.170. The van der Waals surface area contributed by atoms with Crippen LogP contribution in [0.15, 0.2) is 56.1 Å². The first-order chi connectivity index (χ1) is 11.0. The molecule has 1 heterocycles. The SMILES string of the molecule is O=c1oc(C=Cc2ccc([N+](=O)[O-])cc2)nc2ccc(Br)cc12. The van der Waals surface area contributed by atoms with Crippen LogP contribution >= 0.6 is 15.9 Å². The number of nitrogens with zero attached hydrogens (tertiary/aromatic N) is 2. The Balaban J connectivity index is 1.93. The number of rotatable bonds is 3. The smallest absolute Gasteiger partial charge is 0.347 e. The van der Waals surface area contributed by atoms with Gasteiger partial charge in [0.2, 0.25) is 5.89 Å². The molecule has 0 aliphatic rings. The van der Waals surface area contributed by atoms with Gasteiger partial charge in [0.15, 0.2) is 0 Å². The van der Waals surface area contributed by atoms with E-state index in [4.69, 9.17) is 4.42 Å². The maximum atomic E-state index is 11.9. The van der Waals surface area contributed by atoms with Gasteiger partial charge in [-0.1, -0.05) is 15.9 Å². The van der Waals surface area contributed by atoms with E-state index in [1.54, 1.807) is 42.5 Å². The van der Waals surface area contributed by atoms with Crippen molar-refractivity contribution in [1.82, 2.24) is 4.98 Å². The molecule has 7 heteroatoms. The summed E-state index contributed by atoms with van der Waals surface area (Å²) in [5.41, 5.74) is 0.812. The first kappa shape index (κ1) is 15.1. The summed E-state index contributed by atoms with van der Waals surface area (Å²) in [6.45, 7) is 0. The highest BCUT2D eigenvalue weighted by molar-refractivity contribution is 9.10. The molecular weight excluding hydrogens is 364 g/mol. The van der Waals surface area contributed by atoms with Crippen molar-refractivity contribution in [2.75, 3.05) is 0 Å². The summed E-state index contributed by atoms with van der Waals surface area (Å²) in [6, 6.07) is 11.2. The molecule has 0 radical (unpaired) electrons. The standard InChI is InChI=1S/C16H9BrN2O4/c17-11-4-7-14-13(9-11)16(20)23-15(18-14)8-3-10-1-5-12(6-2-10)19(21)22/h1-9H. The number of nitro benzene ring substituents is 1. The van der Waals surface area contributed by atoms with Crippen molar-refractivity contribution in [3.05, 3.63) is 78.9 Å². The van der Waals surface area contributed by atoms with Gasteiger partial charge in [0.25, 0.3) is 5.69 Å². The van der Waals surface area contributed by atoms with Crippen molar-refractivity contribution in [3.8, 4) is 0 Å². The van der Waals surface area contributed by atoms with Crippen molar-refractivity contribution in [2.24, 2.45) is 0 Å². The zero-order valence-corrected chi connectivity index (χ0v) is 13.2. The van der Waals surface area contributed by atoms with Gasteiger partial charge < -0.3 is 4.42 Å². The average molecular weight is 373 g/mol. The van der Waals surface area contributed by atoms with E-state index in [-0.39, 0.29) is 11.6 Å². The van der Waals surface area contributed by atoms with Gasteiger partial charge in [-0.2, -0.15) is 0 Å². The molecular formula is C16H9BrN2O4. The average Bonchev–Trinajstić information content (AvgIpc) is 2.54. The maximum Gasteiger partial charge on any atom is 0.347 e. The summed E-state index contributed by atoms with van der Waals surface area (Å²) < 4.78 is 5.92. The molecule has 0 saturated heterocycles. The number of non-ortho nitro benzene ring substituents is 1. The van der Waals surface area contributed by atoms with Gasteiger partial charge in [0.1, 0.15) is 0 Å². The highest BCUT2D eigenvalue weighted by atomic mass is 79.9. The molecule has 3 rings (SSSR count). The Morgan fingerprint density at radius 2 is 1.87 bits per heavy atom. The first-order valence-electron chi connectivity index (χ1n) is 6.56. The van der Waals surface area contributed by atoms with Gasteiger partial charge in [-0.15, -0.1) is 0 Å². The topological polar surface area (TPSA) is 86.2 Å². The van der Waals surface area contributed by atoms with Crippen LogP contribution in [-0.4, -0.2) is 9.91 Å². The molecule has 0 amide bonds. The molecule has 0 spiro atoms. The Bertz CT molecular complexity index is 978. The lowest BCUT2D eigenvalue weighted by Crippen LogP contribution is -2.02. The lowest BCUT2D eigenvalue weighted by Gasteiger charge is -1.98. The van der Waals surface area contributed by atoms with Crippen molar-refractivity contribution < 1.29 is 9.34 Å². The van der Waals surface area contributed by atoms with E-state index in [1.165, 1.54) is 12.1 Å². The van der Waals surface area contributed by atoms with Crippen molar-refractivity contribution in [1.29, 1.82) is 0 Å². The fraction of sp³-hybridized carbons (Fsp3) is 0. The van der Waals surface area contributed by atoms with Gasteiger partial charge in [0.05, 0.1) is 15.8 Å². The van der Waals surface area contributed by atoms with Crippen molar-refractivity contribution in [3.63, 3.8) is 0 Å². The summed E-state index contributed by atoms with van der Waals surface area (Å²) in [7, 11) is 0. The highest BCUT2D eigenvalue weighted by Gasteiger charge is 2.05. The van der Waals surface area contributed by atoms with Crippen LogP contribution in [0, 0.1) is 10.1 Å². The van der Waals surface area contributed by atoms with Crippen molar-refractivity contribution in [2.45, 2.75) is 0 Å². The minimum atomic E-state index is -0.473. The molecule has 0 bridgehead atoms. The molecule has 114 valence electrons. The molecule has 0 N–H and O–H groups in total. The molecule has 0 saturated carbocycles.